The van der Waals surface area contributed by atoms with Crippen molar-refractivity contribution in [3.05, 3.63) is 12.3 Å². The lowest BCUT2D eigenvalue weighted by Gasteiger charge is -2.32. The van der Waals surface area contributed by atoms with Gasteiger partial charge in [0.1, 0.15) is 0 Å². The zero-order valence-corrected chi connectivity index (χ0v) is 14.8. The Morgan fingerprint density at radius 2 is 2.25 bits per heavy atom. The lowest BCUT2D eigenvalue weighted by atomic mass is 9.99. The van der Waals surface area contributed by atoms with E-state index in [2.05, 4.69) is 15.7 Å². The maximum atomic E-state index is 12.7. The largest absolute Gasteiger partial charge is 0.354 e. The molecule has 2 unspecified atom stereocenters. The first-order valence-electron chi connectivity index (χ1n) is 8.48. The van der Waals surface area contributed by atoms with Gasteiger partial charge in [-0.2, -0.15) is 9.40 Å². The molecule has 2 aliphatic rings. The fourth-order valence-electron chi connectivity index (χ4n) is 3.44. The Morgan fingerprint density at radius 3 is 2.92 bits per heavy atom. The molecule has 2 fully saturated rings. The van der Waals surface area contributed by atoms with Gasteiger partial charge in [-0.3, -0.25) is 9.48 Å². The van der Waals surface area contributed by atoms with Gasteiger partial charge in [0, 0.05) is 26.7 Å². The molecule has 2 N–H and O–H groups in total. The van der Waals surface area contributed by atoms with Gasteiger partial charge >= 0.3 is 0 Å². The second-order valence-corrected chi connectivity index (χ2v) is 8.44. The molecule has 0 saturated carbocycles. The molecule has 3 heterocycles. The molecule has 9 heteroatoms. The van der Waals surface area contributed by atoms with Crippen molar-refractivity contribution in [2.45, 2.75) is 36.8 Å². The van der Waals surface area contributed by atoms with Crippen molar-refractivity contribution in [1.82, 2.24) is 24.7 Å². The highest BCUT2D eigenvalue weighted by Crippen LogP contribution is 2.23. The number of piperidine rings is 1. The fraction of sp³-hybridized carbons (Fsp3) is 0.733. The van der Waals surface area contributed by atoms with Crippen LogP contribution in [0.2, 0.25) is 0 Å². The van der Waals surface area contributed by atoms with Crippen LogP contribution in [0.25, 0.3) is 0 Å². The summed E-state index contributed by atoms with van der Waals surface area (Å²) in [7, 11) is -1.90. The summed E-state index contributed by atoms with van der Waals surface area (Å²) in [6, 6.07) is 1.43. The quantitative estimate of drug-likeness (QED) is 0.755. The molecule has 1 aromatic rings. The average molecular weight is 355 g/mol. The summed E-state index contributed by atoms with van der Waals surface area (Å²) in [5, 5.41) is 10.3. The van der Waals surface area contributed by atoms with Crippen LogP contribution in [0.5, 0.6) is 0 Å². The van der Waals surface area contributed by atoms with Gasteiger partial charge in [0.05, 0.1) is 12.2 Å². The Balaban J connectivity index is 1.58. The van der Waals surface area contributed by atoms with Gasteiger partial charge in [-0.1, -0.05) is 0 Å². The normalized spacial score (nSPS) is 25.7. The summed E-state index contributed by atoms with van der Waals surface area (Å²) in [5.74, 6) is 0.172. The maximum Gasteiger partial charge on any atom is 0.260 e. The number of aryl methyl sites for hydroxylation is 1. The van der Waals surface area contributed by atoms with E-state index in [0.717, 1.165) is 32.2 Å². The minimum absolute atomic E-state index is 0.0270. The van der Waals surface area contributed by atoms with Crippen LogP contribution in [0, 0.1) is 5.92 Å². The van der Waals surface area contributed by atoms with Crippen molar-refractivity contribution >= 4 is 15.9 Å². The van der Waals surface area contributed by atoms with Crippen LogP contribution in [0.15, 0.2) is 17.3 Å². The van der Waals surface area contributed by atoms with Gasteiger partial charge in [0.15, 0.2) is 5.03 Å². The number of carbonyl (C=O) groups is 1. The highest BCUT2D eigenvalue weighted by atomic mass is 32.2. The summed E-state index contributed by atoms with van der Waals surface area (Å²) >= 11 is 0. The number of hydrogen-bond donors (Lipinski definition) is 2. The summed E-state index contributed by atoms with van der Waals surface area (Å²) in [5.41, 5.74) is 0. The summed E-state index contributed by atoms with van der Waals surface area (Å²) in [6.45, 7) is 2.36. The smallest absolute Gasteiger partial charge is 0.260 e. The van der Waals surface area contributed by atoms with Crippen LogP contribution in [0.4, 0.5) is 0 Å². The van der Waals surface area contributed by atoms with Gasteiger partial charge in [-0.15, -0.1) is 0 Å². The topological polar surface area (TPSA) is 96.3 Å². The van der Waals surface area contributed by atoms with Gasteiger partial charge in [-0.05, 0) is 44.2 Å². The van der Waals surface area contributed by atoms with Crippen LogP contribution in [-0.4, -0.2) is 60.6 Å². The zero-order chi connectivity index (χ0) is 17.2. The summed E-state index contributed by atoms with van der Waals surface area (Å²) in [6.07, 6.45) is 5.12. The van der Waals surface area contributed by atoms with E-state index in [4.69, 9.17) is 0 Å². The molecule has 1 amide bonds. The summed E-state index contributed by atoms with van der Waals surface area (Å²) in [4.78, 5) is 12.1. The van der Waals surface area contributed by atoms with Crippen molar-refractivity contribution in [3.8, 4) is 0 Å². The predicted octanol–water partition coefficient (Wildman–Crippen LogP) is -0.311. The Kier molecular flexibility index (Phi) is 5.21. The van der Waals surface area contributed by atoms with E-state index in [1.165, 1.54) is 21.3 Å². The highest BCUT2D eigenvalue weighted by molar-refractivity contribution is 7.89. The van der Waals surface area contributed by atoms with Crippen LogP contribution >= 0.6 is 0 Å². The molecule has 0 spiro atoms. The number of amides is 1. The standard InChI is InChI=1S/C15H25N5O3S/c1-19-14(6-8-18-19)24(22,23)20-9-3-4-12(11-20)10-17-15(21)13-5-2-7-16-13/h6,8,12-13,16H,2-5,7,9-11H2,1H3,(H,17,21). The van der Waals surface area contributed by atoms with Crippen molar-refractivity contribution in [2.75, 3.05) is 26.2 Å². The van der Waals surface area contributed by atoms with E-state index in [-0.39, 0.29) is 22.9 Å². The van der Waals surface area contributed by atoms with Crippen molar-refractivity contribution in [2.24, 2.45) is 13.0 Å². The molecule has 0 radical (unpaired) electrons. The predicted molar refractivity (Wildman–Crippen MR) is 88.7 cm³/mol. The second kappa shape index (κ2) is 7.20. The Bertz CT molecular complexity index is 681. The molecule has 2 aliphatic heterocycles. The highest BCUT2D eigenvalue weighted by Gasteiger charge is 2.32. The minimum atomic E-state index is -3.53. The minimum Gasteiger partial charge on any atom is -0.354 e. The first-order valence-corrected chi connectivity index (χ1v) is 9.92. The third-order valence-corrected chi connectivity index (χ3v) is 6.74. The number of aromatic nitrogens is 2. The summed E-state index contributed by atoms with van der Waals surface area (Å²) < 4.78 is 28.4. The first-order chi connectivity index (χ1) is 11.5. The average Bonchev–Trinajstić information content (AvgIpc) is 3.24. The molecule has 8 nitrogen and oxygen atoms in total. The van der Waals surface area contributed by atoms with Crippen LogP contribution < -0.4 is 10.6 Å². The van der Waals surface area contributed by atoms with Gasteiger partial charge in [-0.25, -0.2) is 8.42 Å². The zero-order valence-electron chi connectivity index (χ0n) is 13.9. The molecule has 0 aromatic carbocycles. The number of nitrogens with one attached hydrogen (secondary N) is 2. The van der Waals surface area contributed by atoms with Gasteiger partial charge in [0.2, 0.25) is 5.91 Å². The molecule has 0 aliphatic carbocycles. The lowest BCUT2D eigenvalue weighted by molar-refractivity contribution is -0.123. The second-order valence-electron chi connectivity index (χ2n) is 6.56. The number of sulfonamides is 1. The molecule has 2 saturated heterocycles. The monoisotopic (exact) mass is 355 g/mol. The third kappa shape index (κ3) is 3.62. The van der Waals surface area contributed by atoms with Gasteiger partial charge < -0.3 is 10.6 Å². The maximum absolute atomic E-state index is 12.7. The van der Waals surface area contributed by atoms with Crippen LogP contribution in [0.3, 0.4) is 0 Å². The molecule has 0 bridgehead atoms. The third-order valence-electron chi connectivity index (χ3n) is 4.80. The Labute approximate surface area is 142 Å². The number of nitrogens with zero attached hydrogens (tertiary/aromatic N) is 3. The van der Waals surface area contributed by atoms with E-state index in [1.807, 2.05) is 0 Å². The Morgan fingerprint density at radius 1 is 1.42 bits per heavy atom. The molecule has 2 atom stereocenters. The van der Waals surface area contributed by atoms with Crippen molar-refractivity contribution in [3.63, 3.8) is 0 Å². The van der Waals surface area contributed by atoms with E-state index in [9.17, 15) is 13.2 Å². The van der Waals surface area contributed by atoms with Crippen LogP contribution in [-0.2, 0) is 21.9 Å². The molecular formula is C15H25N5O3S. The number of hydrogen-bond acceptors (Lipinski definition) is 5. The van der Waals surface area contributed by atoms with Crippen LogP contribution in [0.1, 0.15) is 25.7 Å². The molecular weight excluding hydrogens is 330 g/mol. The van der Waals surface area contributed by atoms with E-state index >= 15 is 0 Å². The molecule has 134 valence electrons. The fourth-order valence-corrected chi connectivity index (χ4v) is 5.09. The molecule has 3 rings (SSSR count). The van der Waals surface area contributed by atoms with E-state index in [0.29, 0.717) is 19.6 Å². The molecule has 1 aromatic heterocycles. The Hall–Kier alpha value is -1.45. The number of rotatable bonds is 5. The van der Waals surface area contributed by atoms with E-state index < -0.39 is 10.0 Å². The first kappa shape index (κ1) is 17.4. The van der Waals surface area contributed by atoms with E-state index in [1.54, 1.807) is 7.05 Å². The number of carbonyl (C=O) groups excluding carboxylic acids is 1. The van der Waals surface area contributed by atoms with Gasteiger partial charge in [0.25, 0.3) is 10.0 Å². The van der Waals surface area contributed by atoms with Crippen molar-refractivity contribution in [1.29, 1.82) is 0 Å². The lowest BCUT2D eigenvalue weighted by Crippen LogP contribution is -2.46. The molecule has 24 heavy (non-hydrogen) atoms. The SMILES string of the molecule is Cn1nccc1S(=O)(=O)N1CCCC(CNC(=O)C2CCCN2)C1. The van der Waals surface area contributed by atoms with Crippen molar-refractivity contribution < 1.29 is 13.2 Å².